The van der Waals surface area contributed by atoms with Crippen LogP contribution < -0.4 is 0 Å². The molecule has 0 spiro atoms. The summed E-state index contributed by atoms with van der Waals surface area (Å²) in [6.45, 7) is 1.10. The summed E-state index contributed by atoms with van der Waals surface area (Å²) in [7, 11) is 0. The van der Waals surface area contributed by atoms with Crippen LogP contribution in [0.5, 0.6) is 0 Å². The smallest absolute Gasteiger partial charge is 0.410 e. The monoisotopic (exact) mass is 335 g/mol. The standard InChI is InChI=1S/C21H21NO3/c23-13-21-9-14(10-21)11-22(21)20(24)25-12-19-17-7-3-1-5-15(17)16-6-2-4-8-18(16)19/h1-8,14,19,23H,9-13H2. The van der Waals surface area contributed by atoms with Crippen LogP contribution in [0.1, 0.15) is 29.9 Å². The predicted octanol–water partition coefficient (Wildman–Crippen LogP) is 3.39. The van der Waals surface area contributed by atoms with Crippen LogP contribution in [0.3, 0.4) is 0 Å². The summed E-state index contributed by atoms with van der Waals surface area (Å²) in [6.07, 6.45) is 1.54. The molecule has 0 radical (unpaired) electrons. The van der Waals surface area contributed by atoms with Crippen molar-refractivity contribution in [3.8, 4) is 11.1 Å². The van der Waals surface area contributed by atoms with E-state index in [9.17, 15) is 9.90 Å². The first-order valence-corrected chi connectivity index (χ1v) is 8.95. The number of benzene rings is 2. The van der Waals surface area contributed by atoms with Crippen LogP contribution in [0.25, 0.3) is 11.1 Å². The number of hydrogen-bond donors (Lipinski definition) is 1. The Kier molecular flexibility index (Phi) is 3.19. The molecule has 3 fully saturated rings. The van der Waals surface area contributed by atoms with Crippen molar-refractivity contribution in [3.05, 3.63) is 59.7 Å². The molecule has 1 saturated carbocycles. The third-order valence-electron chi connectivity index (χ3n) is 6.20. The lowest BCUT2D eigenvalue weighted by atomic mass is 9.74. The summed E-state index contributed by atoms with van der Waals surface area (Å²) >= 11 is 0. The minimum atomic E-state index is -0.354. The number of ether oxygens (including phenoxy) is 1. The summed E-state index contributed by atoms with van der Waals surface area (Å²) < 4.78 is 5.72. The van der Waals surface area contributed by atoms with Gasteiger partial charge in [0.25, 0.3) is 0 Å². The van der Waals surface area contributed by atoms with Crippen molar-refractivity contribution in [2.75, 3.05) is 19.8 Å². The zero-order valence-electron chi connectivity index (χ0n) is 14.0. The van der Waals surface area contributed by atoms with Crippen molar-refractivity contribution < 1.29 is 14.6 Å². The maximum Gasteiger partial charge on any atom is 0.410 e. The third-order valence-corrected chi connectivity index (χ3v) is 6.20. The lowest BCUT2D eigenvalue weighted by Crippen LogP contribution is -2.51. The molecule has 2 bridgehead atoms. The van der Waals surface area contributed by atoms with Gasteiger partial charge in [0, 0.05) is 12.5 Å². The Morgan fingerprint density at radius 3 is 2.28 bits per heavy atom. The van der Waals surface area contributed by atoms with Gasteiger partial charge in [-0.3, -0.25) is 4.90 Å². The fraction of sp³-hybridized carbons (Fsp3) is 0.381. The lowest BCUT2D eigenvalue weighted by molar-refractivity contribution is 0.0255. The molecule has 2 aliphatic heterocycles. The molecule has 4 heteroatoms. The molecular formula is C21H21NO3. The van der Waals surface area contributed by atoms with Crippen LogP contribution in [0.15, 0.2) is 48.5 Å². The number of hydrogen-bond acceptors (Lipinski definition) is 3. The molecule has 4 aliphatic rings. The molecule has 4 nitrogen and oxygen atoms in total. The third kappa shape index (κ3) is 2.07. The second kappa shape index (κ2) is 5.33. The highest BCUT2D eigenvalue weighted by molar-refractivity contribution is 5.79. The van der Waals surface area contributed by atoms with Crippen LogP contribution in [-0.2, 0) is 4.74 Å². The molecule has 0 unspecified atom stereocenters. The van der Waals surface area contributed by atoms with Gasteiger partial charge < -0.3 is 9.84 Å². The Labute approximate surface area is 147 Å². The molecule has 1 N–H and O–H groups in total. The minimum absolute atomic E-state index is 0.0354. The number of amides is 1. The Hall–Kier alpha value is -2.33. The van der Waals surface area contributed by atoms with Crippen LogP contribution in [0.2, 0.25) is 0 Å². The van der Waals surface area contributed by atoms with Gasteiger partial charge in [-0.2, -0.15) is 0 Å². The highest BCUT2D eigenvalue weighted by Crippen LogP contribution is 2.50. The van der Waals surface area contributed by atoms with E-state index in [1.54, 1.807) is 4.90 Å². The molecule has 0 aromatic heterocycles. The van der Waals surface area contributed by atoms with Gasteiger partial charge in [0.15, 0.2) is 0 Å². The molecule has 1 amide bonds. The van der Waals surface area contributed by atoms with E-state index in [0.29, 0.717) is 12.5 Å². The van der Waals surface area contributed by atoms with E-state index in [-0.39, 0.29) is 24.2 Å². The molecule has 2 aliphatic carbocycles. The highest BCUT2D eigenvalue weighted by atomic mass is 16.6. The lowest BCUT2D eigenvalue weighted by Gasteiger charge is -2.39. The molecule has 2 aromatic carbocycles. The number of fused-ring (bicyclic) bond motifs is 4. The second-order valence-corrected chi connectivity index (χ2v) is 7.57. The topological polar surface area (TPSA) is 49.8 Å². The van der Waals surface area contributed by atoms with E-state index in [4.69, 9.17) is 4.74 Å². The molecule has 25 heavy (non-hydrogen) atoms. The van der Waals surface area contributed by atoms with E-state index >= 15 is 0 Å². The van der Waals surface area contributed by atoms with Gasteiger partial charge in [-0.25, -0.2) is 4.79 Å². The number of carbonyl (C=O) groups is 1. The van der Waals surface area contributed by atoms with Crippen LogP contribution >= 0.6 is 0 Å². The van der Waals surface area contributed by atoms with Gasteiger partial charge in [-0.1, -0.05) is 48.5 Å². The van der Waals surface area contributed by atoms with Crippen molar-refractivity contribution in [2.24, 2.45) is 5.92 Å². The average Bonchev–Trinajstić information content (AvgIpc) is 3.27. The Balaban J connectivity index is 1.37. The van der Waals surface area contributed by atoms with E-state index < -0.39 is 0 Å². The maximum atomic E-state index is 12.6. The average molecular weight is 335 g/mol. The number of rotatable bonds is 3. The summed E-state index contributed by atoms with van der Waals surface area (Å²) in [4.78, 5) is 14.4. The van der Waals surface area contributed by atoms with Gasteiger partial charge in [0.1, 0.15) is 6.61 Å². The molecule has 2 heterocycles. The molecule has 0 atom stereocenters. The maximum absolute atomic E-state index is 12.6. The van der Waals surface area contributed by atoms with E-state index in [1.807, 2.05) is 24.3 Å². The first-order chi connectivity index (χ1) is 12.2. The van der Waals surface area contributed by atoms with Gasteiger partial charge in [-0.15, -0.1) is 0 Å². The summed E-state index contributed by atoms with van der Waals surface area (Å²) in [5, 5.41) is 9.67. The summed E-state index contributed by atoms with van der Waals surface area (Å²) in [5.74, 6) is 0.617. The van der Waals surface area contributed by atoms with Crippen LogP contribution in [-0.4, -0.2) is 41.4 Å². The number of nitrogens with zero attached hydrogens (tertiary/aromatic N) is 1. The zero-order valence-corrected chi connectivity index (χ0v) is 14.0. The fourth-order valence-electron chi connectivity index (χ4n) is 4.97. The van der Waals surface area contributed by atoms with Crippen molar-refractivity contribution in [1.29, 1.82) is 0 Å². The molecule has 2 aromatic rings. The van der Waals surface area contributed by atoms with E-state index in [2.05, 4.69) is 24.3 Å². The molecule has 6 rings (SSSR count). The van der Waals surface area contributed by atoms with Crippen LogP contribution in [0.4, 0.5) is 4.79 Å². The molecule has 128 valence electrons. The summed E-state index contributed by atoms with van der Waals surface area (Å²) in [5.41, 5.74) is 4.55. The fourth-order valence-corrected chi connectivity index (χ4v) is 4.97. The SMILES string of the molecule is O=C(OCC1c2ccccc2-c2ccccc21)N1CC2CC1(CO)C2. The van der Waals surface area contributed by atoms with E-state index in [1.165, 1.54) is 22.3 Å². The normalized spacial score (nSPS) is 26.1. The Morgan fingerprint density at radius 2 is 1.68 bits per heavy atom. The Bertz CT molecular complexity index is 795. The first-order valence-electron chi connectivity index (χ1n) is 8.95. The highest BCUT2D eigenvalue weighted by Gasteiger charge is 2.58. The zero-order chi connectivity index (χ0) is 17.0. The van der Waals surface area contributed by atoms with Crippen molar-refractivity contribution >= 4 is 6.09 Å². The predicted molar refractivity (Wildman–Crippen MR) is 94.3 cm³/mol. The van der Waals surface area contributed by atoms with Gasteiger partial charge in [0.2, 0.25) is 0 Å². The summed E-state index contributed by atoms with van der Waals surface area (Å²) in [6, 6.07) is 16.7. The number of aliphatic hydroxyl groups is 1. The Morgan fingerprint density at radius 1 is 1.08 bits per heavy atom. The van der Waals surface area contributed by atoms with Gasteiger partial charge in [-0.05, 0) is 41.0 Å². The number of carbonyl (C=O) groups excluding carboxylic acids is 1. The van der Waals surface area contributed by atoms with Gasteiger partial charge >= 0.3 is 6.09 Å². The largest absolute Gasteiger partial charge is 0.448 e. The molecular weight excluding hydrogens is 314 g/mol. The molecule has 2 saturated heterocycles. The first kappa shape index (κ1) is 15.0. The van der Waals surface area contributed by atoms with Crippen LogP contribution in [0, 0.1) is 5.92 Å². The van der Waals surface area contributed by atoms with Gasteiger partial charge in [0.05, 0.1) is 12.1 Å². The minimum Gasteiger partial charge on any atom is -0.448 e. The van der Waals surface area contributed by atoms with Crippen molar-refractivity contribution in [2.45, 2.75) is 24.3 Å². The van der Waals surface area contributed by atoms with Crippen molar-refractivity contribution in [1.82, 2.24) is 4.90 Å². The quantitative estimate of drug-likeness (QED) is 0.935. The second-order valence-electron chi connectivity index (χ2n) is 7.57. The van der Waals surface area contributed by atoms with E-state index in [0.717, 1.165) is 19.4 Å². The number of aliphatic hydroxyl groups excluding tert-OH is 1. The van der Waals surface area contributed by atoms with Crippen molar-refractivity contribution in [3.63, 3.8) is 0 Å².